The van der Waals surface area contributed by atoms with E-state index in [4.69, 9.17) is 4.74 Å². The van der Waals surface area contributed by atoms with Crippen LogP contribution in [0.2, 0.25) is 0 Å². The minimum atomic E-state index is -0.175. The fourth-order valence-corrected chi connectivity index (χ4v) is 4.55. The molecule has 0 unspecified atom stereocenters. The largest absolute Gasteiger partial charge is 0.497 e. The molecule has 2 amide bonds. The number of hydrogen-bond donors (Lipinski definition) is 0. The Morgan fingerprint density at radius 1 is 0.903 bits per heavy atom. The lowest BCUT2D eigenvalue weighted by Gasteiger charge is -2.29. The zero-order chi connectivity index (χ0) is 22.0. The zero-order valence-corrected chi connectivity index (χ0v) is 18.6. The number of rotatable bonds is 6. The second kappa shape index (κ2) is 8.96. The van der Waals surface area contributed by atoms with E-state index >= 15 is 0 Å². The van der Waals surface area contributed by atoms with Crippen molar-refractivity contribution in [3.8, 4) is 5.75 Å². The van der Waals surface area contributed by atoms with Crippen LogP contribution in [0.15, 0.2) is 48.2 Å². The van der Waals surface area contributed by atoms with Crippen molar-refractivity contribution in [3.63, 3.8) is 0 Å². The Bertz CT molecular complexity index is 1020. The number of nitrogens with zero attached hydrogens (tertiary/aromatic N) is 2. The number of methoxy groups -OCH3 is 1. The normalized spacial score (nSPS) is 17.0. The first-order valence-electron chi connectivity index (χ1n) is 11.1. The predicted octanol–water partition coefficient (Wildman–Crippen LogP) is 4.12. The van der Waals surface area contributed by atoms with Crippen molar-refractivity contribution in [3.05, 3.63) is 70.4 Å². The summed E-state index contributed by atoms with van der Waals surface area (Å²) < 4.78 is 5.21. The van der Waals surface area contributed by atoms with Gasteiger partial charge in [0.15, 0.2) is 0 Å². The summed E-state index contributed by atoms with van der Waals surface area (Å²) in [5.41, 5.74) is 5.28. The number of aryl methyl sites for hydroxylation is 2. The molecular formula is C26H30N2O3. The molecule has 31 heavy (non-hydrogen) atoms. The highest BCUT2D eigenvalue weighted by atomic mass is 16.5. The number of hydrogen-bond acceptors (Lipinski definition) is 4. The highest BCUT2D eigenvalue weighted by molar-refractivity contribution is 6.35. The first-order chi connectivity index (χ1) is 15.0. The lowest BCUT2D eigenvalue weighted by Crippen LogP contribution is -2.38. The molecule has 0 saturated carbocycles. The van der Waals surface area contributed by atoms with Gasteiger partial charge in [-0.1, -0.05) is 35.9 Å². The molecule has 5 heteroatoms. The predicted molar refractivity (Wildman–Crippen MR) is 122 cm³/mol. The van der Waals surface area contributed by atoms with Crippen LogP contribution >= 0.6 is 0 Å². The van der Waals surface area contributed by atoms with Gasteiger partial charge in [-0.15, -0.1) is 0 Å². The lowest BCUT2D eigenvalue weighted by molar-refractivity contribution is -0.137. The number of piperidine rings is 1. The van der Waals surface area contributed by atoms with Gasteiger partial charge in [0, 0.05) is 19.6 Å². The van der Waals surface area contributed by atoms with Crippen LogP contribution in [0.1, 0.15) is 41.5 Å². The number of imide groups is 1. The molecule has 2 aromatic rings. The molecule has 0 atom stereocenters. The summed E-state index contributed by atoms with van der Waals surface area (Å²) in [6.45, 7) is 6.08. The summed E-state index contributed by atoms with van der Waals surface area (Å²) in [5.74, 6) is 0.463. The van der Waals surface area contributed by atoms with Gasteiger partial charge in [0.2, 0.25) is 0 Å². The Morgan fingerprint density at radius 2 is 1.61 bits per heavy atom. The third-order valence-electron chi connectivity index (χ3n) is 6.25. The maximum absolute atomic E-state index is 13.5. The van der Waals surface area contributed by atoms with Crippen molar-refractivity contribution < 1.29 is 14.3 Å². The molecule has 1 fully saturated rings. The van der Waals surface area contributed by atoms with Crippen molar-refractivity contribution in [2.24, 2.45) is 0 Å². The molecule has 0 bridgehead atoms. The van der Waals surface area contributed by atoms with E-state index in [0.29, 0.717) is 24.2 Å². The summed E-state index contributed by atoms with van der Waals surface area (Å²) in [7, 11) is 1.64. The van der Waals surface area contributed by atoms with E-state index in [1.54, 1.807) is 7.11 Å². The quantitative estimate of drug-likeness (QED) is 0.662. The Morgan fingerprint density at radius 3 is 2.26 bits per heavy atom. The van der Waals surface area contributed by atoms with E-state index in [1.807, 2.05) is 50.2 Å². The van der Waals surface area contributed by atoms with Crippen LogP contribution in [0, 0.1) is 13.8 Å². The Hall–Kier alpha value is -3.08. The van der Waals surface area contributed by atoms with E-state index < -0.39 is 0 Å². The molecule has 0 aliphatic carbocycles. The summed E-state index contributed by atoms with van der Waals surface area (Å²) in [6, 6.07) is 13.8. The minimum absolute atomic E-state index is 0.157. The van der Waals surface area contributed by atoms with Gasteiger partial charge in [0.05, 0.1) is 12.7 Å². The van der Waals surface area contributed by atoms with Gasteiger partial charge >= 0.3 is 0 Å². The van der Waals surface area contributed by atoms with E-state index in [2.05, 4.69) is 11.0 Å². The average molecular weight is 419 g/mol. The van der Waals surface area contributed by atoms with Crippen LogP contribution in [0.3, 0.4) is 0 Å². The number of ether oxygens (including phenoxy) is 1. The van der Waals surface area contributed by atoms with Crippen molar-refractivity contribution in [2.45, 2.75) is 39.5 Å². The highest BCUT2D eigenvalue weighted by Crippen LogP contribution is 2.35. The Labute approximate surface area is 184 Å². The molecule has 1 saturated heterocycles. The molecule has 162 valence electrons. The molecule has 0 N–H and O–H groups in total. The fraction of sp³-hybridized carbons (Fsp3) is 0.385. The molecule has 2 aliphatic heterocycles. The molecule has 4 rings (SSSR count). The molecule has 2 aliphatic rings. The third-order valence-corrected chi connectivity index (χ3v) is 6.25. The minimum Gasteiger partial charge on any atom is -0.497 e. The topological polar surface area (TPSA) is 49.9 Å². The molecule has 0 spiro atoms. The van der Waals surface area contributed by atoms with Crippen LogP contribution in [0.5, 0.6) is 5.75 Å². The number of benzene rings is 2. The van der Waals surface area contributed by atoms with Crippen molar-refractivity contribution in [2.75, 3.05) is 26.7 Å². The second-order valence-corrected chi connectivity index (χ2v) is 8.45. The van der Waals surface area contributed by atoms with Crippen molar-refractivity contribution in [1.82, 2.24) is 9.80 Å². The first kappa shape index (κ1) is 21.2. The SMILES string of the molecule is COc1ccc(CCN2C(=O)C(c3ccc(C)cc3C)=C(N3CCCCC3)C2=O)cc1. The van der Waals surface area contributed by atoms with E-state index in [9.17, 15) is 9.59 Å². The first-order valence-corrected chi connectivity index (χ1v) is 11.1. The van der Waals surface area contributed by atoms with Crippen molar-refractivity contribution in [1.29, 1.82) is 0 Å². The van der Waals surface area contributed by atoms with Gasteiger partial charge in [0.1, 0.15) is 11.4 Å². The molecular weight excluding hydrogens is 388 g/mol. The van der Waals surface area contributed by atoms with Gasteiger partial charge in [0.25, 0.3) is 11.8 Å². The zero-order valence-electron chi connectivity index (χ0n) is 18.6. The summed E-state index contributed by atoms with van der Waals surface area (Å²) in [5, 5.41) is 0. The number of carbonyl (C=O) groups is 2. The monoisotopic (exact) mass is 418 g/mol. The van der Waals surface area contributed by atoms with Crippen LogP contribution in [-0.2, 0) is 16.0 Å². The molecule has 0 aromatic heterocycles. The van der Waals surface area contributed by atoms with E-state index in [0.717, 1.165) is 53.9 Å². The van der Waals surface area contributed by atoms with Gasteiger partial charge < -0.3 is 9.64 Å². The summed E-state index contributed by atoms with van der Waals surface area (Å²) >= 11 is 0. The third kappa shape index (κ3) is 4.22. The van der Waals surface area contributed by atoms with Gasteiger partial charge in [-0.2, -0.15) is 0 Å². The van der Waals surface area contributed by atoms with Gasteiger partial charge in [-0.25, -0.2) is 0 Å². The highest BCUT2D eigenvalue weighted by Gasteiger charge is 2.41. The smallest absolute Gasteiger partial charge is 0.277 e. The van der Waals surface area contributed by atoms with Crippen LogP contribution in [0.25, 0.3) is 5.57 Å². The van der Waals surface area contributed by atoms with Crippen LogP contribution in [0.4, 0.5) is 0 Å². The number of likely N-dealkylation sites (tertiary alicyclic amines) is 1. The van der Waals surface area contributed by atoms with Crippen molar-refractivity contribution >= 4 is 17.4 Å². The lowest BCUT2D eigenvalue weighted by atomic mass is 9.97. The average Bonchev–Trinajstić information content (AvgIpc) is 3.03. The number of carbonyl (C=O) groups excluding carboxylic acids is 2. The molecule has 2 aromatic carbocycles. The van der Waals surface area contributed by atoms with Crippen LogP contribution < -0.4 is 4.74 Å². The summed E-state index contributed by atoms with van der Waals surface area (Å²) in [4.78, 5) is 30.6. The molecule has 2 heterocycles. The van der Waals surface area contributed by atoms with E-state index in [-0.39, 0.29) is 11.8 Å². The number of amides is 2. The summed E-state index contributed by atoms with van der Waals surface area (Å²) in [6.07, 6.45) is 3.90. The molecule has 5 nitrogen and oxygen atoms in total. The Kier molecular flexibility index (Phi) is 6.12. The van der Waals surface area contributed by atoms with Gasteiger partial charge in [-0.05, 0) is 68.4 Å². The Balaban J connectivity index is 1.64. The second-order valence-electron chi connectivity index (χ2n) is 8.45. The maximum atomic E-state index is 13.5. The maximum Gasteiger partial charge on any atom is 0.277 e. The fourth-order valence-electron chi connectivity index (χ4n) is 4.55. The standard InChI is InChI=1S/C26H30N2O3/c1-18-7-12-22(19(2)17-18)23-24(27-14-5-4-6-15-27)26(30)28(25(23)29)16-13-20-8-10-21(31-3)11-9-20/h7-12,17H,4-6,13-16H2,1-3H3. The van der Waals surface area contributed by atoms with Crippen LogP contribution in [-0.4, -0.2) is 48.4 Å². The molecule has 0 radical (unpaired) electrons. The van der Waals surface area contributed by atoms with Gasteiger partial charge in [-0.3, -0.25) is 14.5 Å². The van der Waals surface area contributed by atoms with E-state index in [1.165, 1.54) is 11.3 Å².